The fourth-order valence-electron chi connectivity index (χ4n) is 3.24. The monoisotopic (exact) mass is 354 g/mol. The Balaban J connectivity index is 1.72. The Hall–Kier alpha value is -2.05. The van der Waals surface area contributed by atoms with Gasteiger partial charge in [-0.05, 0) is 57.5 Å². The van der Waals surface area contributed by atoms with E-state index in [9.17, 15) is 0 Å². The number of piperidine rings is 1. The standard InChI is InChI=1S/C19H22N4OS/c1-13-14(2)25-19-17(13)18(24-15-7-6-8-20-11-15)21-16(22-19)12-23-9-4-3-5-10-23/h6-8,11H,3-5,9-10,12H2,1-2H3. The van der Waals surface area contributed by atoms with E-state index in [-0.39, 0.29) is 0 Å². The van der Waals surface area contributed by atoms with Crippen molar-refractivity contribution in [1.29, 1.82) is 0 Å². The van der Waals surface area contributed by atoms with E-state index in [0.717, 1.165) is 35.7 Å². The number of ether oxygens (including phenoxy) is 1. The maximum Gasteiger partial charge on any atom is 0.231 e. The minimum atomic E-state index is 0.645. The fraction of sp³-hybridized carbons (Fsp3) is 0.421. The highest BCUT2D eigenvalue weighted by Gasteiger charge is 2.18. The van der Waals surface area contributed by atoms with Gasteiger partial charge in [0.15, 0.2) is 0 Å². The van der Waals surface area contributed by atoms with Crippen LogP contribution in [0.2, 0.25) is 0 Å². The van der Waals surface area contributed by atoms with E-state index in [1.54, 1.807) is 23.7 Å². The number of rotatable bonds is 4. The maximum atomic E-state index is 6.09. The molecule has 0 unspecified atom stereocenters. The number of aromatic nitrogens is 3. The molecule has 0 amide bonds. The van der Waals surface area contributed by atoms with Crippen molar-refractivity contribution < 1.29 is 4.74 Å². The van der Waals surface area contributed by atoms with E-state index >= 15 is 0 Å². The van der Waals surface area contributed by atoms with Crippen molar-refractivity contribution >= 4 is 21.6 Å². The number of hydrogen-bond donors (Lipinski definition) is 0. The summed E-state index contributed by atoms with van der Waals surface area (Å²) in [4.78, 5) is 18.4. The molecule has 6 heteroatoms. The summed E-state index contributed by atoms with van der Waals surface area (Å²) in [6, 6.07) is 3.77. The molecule has 4 rings (SSSR count). The second kappa shape index (κ2) is 7.06. The molecule has 4 heterocycles. The van der Waals surface area contributed by atoms with Crippen LogP contribution < -0.4 is 4.74 Å². The van der Waals surface area contributed by atoms with E-state index in [2.05, 4.69) is 23.7 Å². The minimum absolute atomic E-state index is 0.645. The smallest absolute Gasteiger partial charge is 0.231 e. The molecule has 0 saturated carbocycles. The first-order valence-corrected chi connectivity index (χ1v) is 9.59. The van der Waals surface area contributed by atoms with Crippen LogP contribution in [0.25, 0.3) is 10.2 Å². The van der Waals surface area contributed by atoms with Gasteiger partial charge >= 0.3 is 0 Å². The summed E-state index contributed by atoms with van der Waals surface area (Å²) >= 11 is 1.71. The molecule has 25 heavy (non-hydrogen) atoms. The summed E-state index contributed by atoms with van der Waals surface area (Å²) in [5.74, 6) is 2.19. The van der Waals surface area contributed by atoms with Crippen molar-refractivity contribution in [2.75, 3.05) is 13.1 Å². The van der Waals surface area contributed by atoms with Crippen LogP contribution in [-0.4, -0.2) is 32.9 Å². The number of thiophene rings is 1. The summed E-state index contributed by atoms with van der Waals surface area (Å²) in [7, 11) is 0. The molecule has 0 atom stereocenters. The van der Waals surface area contributed by atoms with Crippen LogP contribution in [0.1, 0.15) is 35.5 Å². The zero-order valence-corrected chi connectivity index (χ0v) is 15.5. The normalized spacial score (nSPS) is 15.6. The molecule has 0 N–H and O–H groups in total. The molecular weight excluding hydrogens is 332 g/mol. The van der Waals surface area contributed by atoms with Crippen molar-refractivity contribution in [1.82, 2.24) is 19.9 Å². The van der Waals surface area contributed by atoms with Crippen LogP contribution in [0, 0.1) is 13.8 Å². The average Bonchev–Trinajstić information content (AvgIpc) is 2.91. The molecular formula is C19H22N4OS. The van der Waals surface area contributed by atoms with Crippen LogP contribution in [0.5, 0.6) is 11.6 Å². The molecule has 0 spiro atoms. The molecule has 130 valence electrons. The van der Waals surface area contributed by atoms with Gasteiger partial charge in [-0.15, -0.1) is 11.3 Å². The number of likely N-dealkylation sites (tertiary alicyclic amines) is 1. The Bertz CT molecular complexity index is 872. The van der Waals surface area contributed by atoms with Crippen molar-refractivity contribution in [3.05, 3.63) is 40.8 Å². The average molecular weight is 354 g/mol. The van der Waals surface area contributed by atoms with Gasteiger partial charge in [-0.3, -0.25) is 9.88 Å². The molecule has 1 fully saturated rings. The van der Waals surface area contributed by atoms with Gasteiger partial charge in [-0.2, -0.15) is 4.98 Å². The number of pyridine rings is 1. The Morgan fingerprint density at radius 3 is 2.76 bits per heavy atom. The van der Waals surface area contributed by atoms with E-state index in [1.807, 2.05) is 12.1 Å². The SMILES string of the molecule is Cc1sc2nc(CN3CCCCC3)nc(Oc3cccnc3)c2c1C. The third-order valence-electron chi connectivity index (χ3n) is 4.70. The maximum absolute atomic E-state index is 6.09. The van der Waals surface area contributed by atoms with Crippen LogP contribution in [-0.2, 0) is 6.54 Å². The van der Waals surface area contributed by atoms with Crippen LogP contribution in [0.4, 0.5) is 0 Å². The summed E-state index contributed by atoms with van der Waals surface area (Å²) in [5.41, 5.74) is 1.20. The Labute approximate surface area is 151 Å². The molecule has 1 saturated heterocycles. The largest absolute Gasteiger partial charge is 0.437 e. The number of fused-ring (bicyclic) bond motifs is 1. The third kappa shape index (κ3) is 3.50. The minimum Gasteiger partial charge on any atom is -0.437 e. The Morgan fingerprint density at radius 1 is 1.16 bits per heavy atom. The van der Waals surface area contributed by atoms with Gasteiger partial charge in [0.2, 0.25) is 5.88 Å². The summed E-state index contributed by atoms with van der Waals surface area (Å²) in [6.45, 7) is 7.28. The quantitative estimate of drug-likeness (QED) is 0.691. The van der Waals surface area contributed by atoms with Gasteiger partial charge in [0.1, 0.15) is 16.4 Å². The van der Waals surface area contributed by atoms with Gasteiger partial charge in [0.25, 0.3) is 0 Å². The lowest BCUT2D eigenvalue weighted by Gasteiger charge is -2.25. The lowest BCUT2D eigenvalue weighted by Crippen LogP contribution is -2.29. The zero-order valence-electron chi connectivity index (χ0n) is 14.7. The van der Waals surface area contributed by atoms with Crippen molar-refractivity contribution in [2.45, 2.75) is 39.7 Å². The number of nitrogens with zero attached hydrogens (tertiary/aromatic N) is 4. The second-order valence-corrected chi connectivity index (χ2v) is 7.74. The Morgan fingerprint density at radius 2 is 2.00 bits per heavy atom. The summed E-state index contributed by atoms with van der Waals surface area (Å²) in [5, 5.41) is 1.02. The van der Waals surface area contributed by atoms with Gasteiger partial charge in [0.05, 0.1) is 18.1 Å². The van der Waals surface area contributed by atoms with Crippen molar-refractivity contribution in [3.63, 3.8) is 0 Å². The van der Waals surface area contributed by atoms with Crippen LogP contribution in [0.15, 0.2) is 24.5 Å². The van der Waals surface area contributed by atoms with Crippen LogP contribution in [0.3, 0.4) is 0 Å². The van der Waals surface area contributed by atoms with Crippen molar-refractivity contribution in [2.24, 2.45) is 0 Å². The van der Waals surface area contributed by atoms with Gasteiger partial charge in [-0.1, -0.05) is 6.42 Å². The van der Waals surface area contributed by atoms with E-state index in [1.165, 1.54) is 29.7 Å². The van der Waals surface area contributed by atoms with Crippen molar-refractivity contribution in [3.8, 4) is 11.6 Å². The summed E-state index contributed by atoms with van der Waals surface area (Å²) < 4.78 is 6.09. The fourth-order valence-corrected chi connectivity index (χ4v) is 4.27. The second-order valence-electron chi connectivity index (χ2n) is 6.54. The molecule has 0 radical (unpaired) electrons. The van der Waals surface area contributed by atoms with Crippen LogP contribution >= 0.6 is 11.3 Å². The molecule has 1 aliphatic rings. The molecule has 1 aliphatic heterocycles. The highest BCUT2D eigenvalue weighted by Crippen LogP contribution is 2.36. The van der Waals surface area contributed by atoms with Gasteiger partial charge < -0.3 is 4.74 Å². The molecule has 0 aromatic carbocycles. The summed E-state index contributed by atoms with van der Waals surface area (Å²) in [6.07, 6.45) is 7.31. The lowest BCUT2D eigenvalue weighted by atomic mass is 10.1. The first-order valence-electron chi connectivity index (χ1n) is 8.77. The lowest BCUT2D eigenvalue weighted by molar-refractivity contribution is 0.215. The highest BCUT2D eigenvalue weighted by molar-refractivity contribution is 7.18. The van der Waals surface area contributed by atoms with Gasteiger partial charge in [-0.25, -0.2) is 4.98 Å². The van der Waals surface area contributed by atoms with Gasteiger partial charge in [0, 0.05) is 11.1 Å². The predicted molar refractivity (Wildman–Crippen MR) is 100 cm³/mol. The van der Waals surface area contributed by atoms with E-state index in [0.29, 0.717) is 11.6 Å². The zero-order chi connectivity index (χ0) is 17.2. The molecule has 0 bridgehead atoms. The number of hydrogen-bond acceptors (Lipinski definition) is 6. The van der Waals surface area contributed by atoms with E-state index < -0.39 is 0 Å². The molecule has 5 nitrogen and oxygen atoms in total. The van der Waals surface area contributed by atoms with E-state index in [4.69, 9.17) is 14.7 Å². The predicted octanol–water partition coefficient (Wildman–Crippen LogP) is 4.48. The first kappa shape index (κ1) is 16.4. The molecule has 0 aliphatic carbocycles. The topological polar surface area (TPSA) is 51.1 Å². The first-order chi connectivity index (χ1) is 12.2. The third-order valence-corrected chi connectivity index (χ3v) is 5.81. The highest BCUT2D eigenvalue weighted by atomic mass is 32.1. The molecule has 3 aromatic rings. The number of aryl methyl sites for hydroxylation is 2. The Kier molecular flexibility index (Phi) is 4.63. The molecule has 3 aromatic heterocycles.